The van der Waals surface area contributed by atoms with Crippen molar-refractivity contribution < 1.29 is 4.92 Å². The predicted molar refractivity (Wildman–Crippen MR) is 57.2 cm³/mol. The highest BCUT2D eigenvalue weighted by atomic mass is 16.6. The van der Waals surface area contributed by atoms with Crippen LogP contribution in [0.3, 0.4) is 0 Å². The Morgan fingerprint density at radius 2 is 2.07 bits per heavy atom. The van der Waals surface area contributed by atoms with Crippen LogP contribution in [-0.4, -0.2) is 11.5 Å². The molecule has 0 atom stereocenters. The molecule has 0 aromatic heterocycles. The molecule has 0 amide bonds. The van der Waals surface area contributed by atoms with Crippen molar-refractivity contribution in [1.29, 1.82) is 0 Å². The standard InChI is InChI=1S/C8H10N2O2.C2H6/c9-5-4-7-2-1-3-8(6-7)10(11)12;1-2/h1-3,6H,4-5,9H2;1-2H3. The van der Waals surface area contributed by atoms with E-state index >= 15 is 0 Å². The van der Waals surface area contributed by atoms with Crippen LogP contribution in [0.25, 0.3) is 0 Å². The highest BCUT2D eigenvalue weighted by Crippen LogP contribution is 2.12. The second-order valence-corrected chi connectivity index (χ2v) is 2.47. The molecule has 0 aliphatic carbocycles. The van der Waals surface area contributed by atoms with Gasteiger partial charge < -0.3 is 5.73 Å². The minimum Gasteiger partial charge on any atom is -0.330 e. The van der Waals surface area contributed by atoms with Crippen LogP contribution in [0.5, 0.6) is 0 Å². The number of hydrogen-bond acceptors (Lipinski definition) is 3. The number of nitro groups is 1. The third-order valence-corrected chi connectivity index (χ3v) is 1.55. The van der Waals surface area contributed by atoms with Crippen molar-refractivity contribution >= 4 is 5.69 Å². The van der Waals surface area contributed by atoms with E-state index in [0.29, 0.717) is 13.0 Å². The molecule has 0 aliphatic rings. The highest BCUT2D eigenvalue weighted by Gasteiger charge is 2.03. The molecule has 1 rings (SSSR count). The van der Waals surface area contributed by atoms with Crippen molar-refractivity contribution in [2.75, 3.05) is 6.54 Å². The Hall–Kier alpha value is -1.42. The molecule has 0 heterocycles. The molecule has 14 heavy (non-hydrogen) atoms. The van der Waals surface area contributed by atoms with Gasteiger partial charge in [0.15, 0.2) is 0 Å². The Balaban J connectivity index is 0.000000791. The SMILES string of the molecule is CC.NCCc1cccc([N+](=O)[O-])c1. The molecule has 2 N–H and O–H groups in total. The van der Waals surface area contributed by atoms with Gasteiger partial charge in [0.25, 0.3) is 5.69 Å². The maximum absolute atomic E-state index is 10.3. The second kappa shape index (κ2) is 7.03. The topological polar surface area (TPSA) is 69.2 Å². The smallest absolute Gasteiger partial charge is 0.269 e. The fraction of sp³-hybridized carbons (Fsp3) is 0.400. The number of nitro benzene ring substituents is 1. The Morgan fingerprint density at radius 1 is 1.43 bits per heavy atom. The van der Waals surface area contributed by atoms with E-state index in [9.17, 15) is 10.1 Å². The molecule has 0 saturated carbocycles. The quantitative estimate of drug-likeness (QED) is 0.594. The first-order valence-corrected chi connectivity index (χ1v) is 4.67. The zero-order valence-corrected chi connectivity index (χ0v) is 8.56. The summed E-state index contributed by atoms with van der Waals surface area (Å²) in [6.07, 6.45) is 0.682. The van der Waals surface area contributed by atoms with E-state index in [0.717, 1.165) is 5.56 Å². The van der Waals surface area contributed by atoms with E-state index in [4.69, 9.17) is 5.73 Å². The minimum atomic E-state index is -0.403. The van der Waals surface area contributed by atoms with Gasteiger partial charge in [-0.3, -0.25) is 10.1 Å². The van der Waals surface area contributed by atoms with Crippen LogP contribution in [0.15, 0.2) is 24.3 Å². The third-order valence-electron chi connectivity index (χ3n) is 1.55. The summed E-state index contributed by atoms with van der Waals surface area (Å²) < 4.78 is 0. The van der Waals surface area contributed by atoms with Crippen molar-refractivity contribution in [2.24, 2.45) is 5.73 Å². The van der Waals surface area contributed by atoms with Gasteiger partial charge in [0, 0.05) is 12.1 Å². The average Bonchev–Trinajstić information content (AvgIpc) is 2.22. The fourth-order valence-corrected chi connectivity index (χ4v) is 0.992. The van der Waals surface area contributed by atoms with Crippen LogP contribution in [0, 0.1) is 10.1 Å². The largest absolute Gasteiger partial charge is 0.330 e. The summed E-state index contributed by atoms with van der Waals surface area (Å²) >= 11 is 0. The Kier molecular flexibility index (Phi) is 6.32. The van der Waals surface area contributed by atoms with Gasteiger partial charge in [0.2, 0.25) is 0 Å². The maximum Gasteiger partial charge on any atom is 0.269 e. The van der Waals surface area contributed by atoms with E-state index in [1.54, 1.807) is 12.1 Å². The lowest BCUT2D eigenvalue weighted by Gasteiger charge is -1.96. The first-order valence-electron chi connectivity index (χ1n) is 4.67. The molecule has 0 saturated heterocycles. The second-order valence-electron chi connectivity index (χ2n) is 2.47. The van der Waals surface area contributed by atoms with Crippen molar-refractivity contribution in [1.82, 2.24) is 0 Å². The predicted octanol–water partition coefficient (Wildman–Crippen LogP) is 2.12. The first kappa shape index (κ1) is 12.6. The highest BCUT2D eigenvalue weighted by molar-refractivity contribution is 5.34. The summed E-state index contributed by atoms with van der Waals surface area (Å²) in [6.45, 7) is 4.52. The maximum atomic E-state index is 10.3. The molecule has 4 heteroatoms. The molecule has 1 aromatic carbocycles. The van der Waals surface area contributed by atoms with Crippen LogP contribution < -0.4 is 5.73 Å². The zero-order valence-electron chi connectivity index (χ0n) is 8.56. The van der Waals surface area contributed by atoms with E-state index in [1.807, 2.05) is 19.9 Å². The summed E-state index contributed by atoms with van der Waals surface area (Å²) in [7, 11) is 0. The molecule has 0 fully saturated rings. The lowest BCUT2D eigenvalue weighted by atomic mass is 10.1. The van der Waals surface area contributed by atoms with E-state index in [2.05, 4.69) is 0 Å². The van der Waals surface area contributed by atoms with E-state index in [-0.39, 0.29) is 5.69 Å². The summed E-state index contributed by atoms with van der Waals surface area (Å²) in [4.78, 5) is 9.93. The molecule has 4 nitrogen and oxygen atoms in total. The van der Waals surface area contributed by atoms with Crippen molar-refractivity contribution in [2.45, 2.75) is 20.3 Å². The number of nitrogens with two attached hydrogens (primary N) is 1. The van der Waals surface area contributed by atoms with Crippen LogP contribution in [0.2, 0.25) is 0 Å². The van der Waals surface area contributed by atoms with Crippen molar-refractivity contribution in [3.63, 3.8) is 0 Å². The summed E-state index contributed by atoms with van der Waals surface area (Å²) in [5.41, 5.74) is 6.35. The number of nitrogens with zero attached hydrogens (tertiary/aromatic N) is 1. The van der Waals surface area contributed by atoms with Gasteiger partial charge in [0.05, 0.1) is 4.92 Å². The molecule has 1 aromatic rings. The molecule has 78 valence electrons. The van der Waals surface area contributed by atoms with E-state index < -0.39 is 4.92 Å². The number of hydrogen-bond donors (Lipinski definition) is 1. The Bertz CT molecular complexity index is 287. The van der Waals surface area contributed by atoms with Gasteiger partial charge in [-0.1, -0.05) is 26.0 Å². The third kappa shape index (κ3) is 4.00. The Morgan fingerprint density at radius 3 is 2.57 bits per heavy atom. The zero-order chi connectivity index (χ0) is 11.0. The minimum absolute atomic E-state index is 0.126. The molecule has 0 aliphatic heterocycles. The van der Waals surface area contributed by atoms with Crippen LogP contribution in [0.4, 0.5) is 5.69 Å². The summed E-state index contributed by atoms with van der Waals surface area (Å²) in [5.74, 6) is 0. The molecule has 0 bridgehead atoms. The van der Waals surface area contributed by atoms with Gasteiger partial charge in [-0.2, -0.15) is 0 Å². The number of non-ortho nitro benzene ring substituents is 1. The monoisotopic (exact) mass is 196 g/mol. The molecule has 0 radical (unpaired) electrons. The van der Waals surface area contributed by atoms with Gasteiger partial charge in [-0.15, -0.1) is 0 Å². The molecule has 0 spiro atoms. The fourth-order valence-electron chi connectivity index (χ4n) is 0.992. The lowest BCUT2D eigenvalue weighted by Crippen LogP contribution is -2.02. The Labute approximate surface area is 83.9 Å². The summed E-state index contributed by atoms with van der Waals surface area (Å²) in [6, 6.07) is 6.52. The van der Waals surface area contributed by atoms with Crippen molar-refractivity contribution in [3.05, 3.63) is 39.9 Å². The average molecular weight is 196 g/mol. The van der Waals surface area contributed by atoms with Gasteiger partial charge >= 0.3 is 0 Å². The molecular formula is C10H16N2O2. The summed E-state index contributed by atoms with van der Waals surface area (Å²) in [5, 5.41) is 10.3. The van der Waals surface area contributed by atoms with Gasteiger partial charge in [-0.05, 0) is 18.5 Å². The number of rotatable bonds is 3. The van der Waals surface area contributed by atoms with Crippen molar-refractivity contribution in [3.8, 4) is 0 Å². The van der Waals surface area contributed by atoms with Gasteiger partial charge in [0.1, 0.15) is 0 Å². The van der Waals surface area contributed by atoms with E-state index in [1.165, 1.54) is 6.07 Å². The van der Waals surface area contributed by atoms with Crippen LogP contribution >= 0.6 is 0 Å². The van der Waals surface area contributed by atoms with Gasteiger partial charge in [-0.25, -0.2) is 0 Å². The normalized spacial score (nSPS) is 8.79. The van der Waals surface area contributed by atoms with Crippen LogP contribution in [-0.2, 0) is 6.42 Å². The van der Waals surface area contributed by atoms with Crippen LogP contribution in [0.1, 0.15) is 19.4 Å². The molecular weight excluding hydrogens is 180 g/mol. The molecule has 0 unspecified atom stereocenters. The first-order chi connectivity index (χ1) is 6.74. The number of benzene rings is 1. The lowest BCUT2D eigenvalue weighted by molar-refractivity contribution is -0.384.